The predicted octanol–water partition coefficient (Wildman–Crippen LogP) is 2.92. The van der Waals surface area contributed by atoms with Crippen LogP contribution < -0.4 is 5.32 Å². The van der Waals surface area contributed by atoms with Crippen LogP contribution in [0.15, 0.2) is 18.2 Å². The van der Waals surface area contributed by atoms with Crippen LogP contribution in [0, 0.1) is 5.92 Å². The third-order valence-corrected chi connectivity index (χ3v) is 6.52. The van der Waals surface area contributed by atoms with E-state index >= 15 is 0 Å². The molecule has 0 spiro atoms. The number of ketones is 1. The maximum atomic E-state index is 12.7. The maximum absolute atomic E-state index is 12.7. The second-order valence-corrected chi connectivity index (χ2v) is 8.64. The highest BCUT2D eigenvalue weighted by molar-refractivity contribution is 6.05. The molecule has 0 bridgehead atoms. The van der Waals surface area contributed by atoms with Crippen molar-refractivity contribution in [2.24, 2.45) is 5.92 Å². The van der Waals surface area contributed by atoms with Crippen molar-refractivity contribution in [2.75, 3.05) is 0 Å². The highest BCUT2D eigenvalue weighted by Gasteiger charge is 2.39. The maximum Gasteiger partial charge on any atom is 0.255 e. The summed E-state index contributed by atoms with van der Waals surface area (Å²) in [6.45, 7) is 0.379. The Kier molecular flexibility index (Phi) is 5.79. The van der Waals surface area contributed by atoms with Gasteiger partial charge in [0.05, 0.1) is 0 Å². The minimum Gasteiger partial charge on any atom is -0.322 e. The van der Waals surface area contributed by atoms with Crippen LogP contribution in [-0.4, -0.2) is 34.4 Å². The fourth-order valence-electron chi connectivity index (χ4n) is 4.88. The van der Waals surface area contributed by atoms with Gasteiger partial charge in [0.25, 0.3) is 5.91 Å². The van der Waals surface area contributed by atoms with Crippen LogP contribution in [0.4, 0.5) is 0 Å². The molecular weight excluding hydrogens is 368 g/mol. The number of aryl methyl sites for hydroxylation is 1. The van der Waals surface area contributed by atoms with Gasteiger partial charge >= 0.3 is 0 Å². The topological polar surface area (TPSA) is 83.6 Å². The first-order valence-electron chi connectivity index (χ1n) is 10.8. The quantitative estimate of drug-likeness (QED) is 0.750. The molecule has 1 unspecified atom stereocenters. The van der Waals surface area contributed by atoms with Crippen molar-refractivity contribution in [3.63, 3.8) is 0 Å². The van der Waals surface area contributed by atoms with E-state index in [-0.39, 0.29) is 18.2 Å². The summed E-state index contributed by atoms with van der Waals surface area (Å²) in [7, 11) is 0. The molecule has 4 rings (SSSR count). The molecule has 1 aromatic carbocycles. The zero-order valence-corrected chi connectivity index (χ0v) is 16.7. The number of Topliss-reactive ketones (excluding diaryl/α,β-unsaturated/α-hetero) is 1. The lowest BCUT2D eigenvalue weighted by Crippen LogP contribution is -2.52. The van der Waals surface area contributed by atoms with Crippen molar-refractivity contribution in [3.8, 4) is 0 Å². The van der Waals surface area contributed by atoms with Gasteiger partial charge in [-0.2, -0.15) is 0 Å². The molecule has 154 valence electrons. The largest absolute Gasteiger partial charge is 0.322 e. The number of hydrogen-bond donors (Lipinski definition) is 1. The van der Waals surface area contributed by atoms with E-state index in [4.69, 9.17) is 0 Å². The van der Waals surface area contributed by atoms with Crippen molar-refractivity contribution >= 4 is 23.5 Å². The lowest BCUT2D eigenvalue weighted by Gasteiger charge is -2.29. The van der Waals surface area contributed by atoms with Gasteiger partial charge in [-0.15, -0.1) is 0 Å². The molecule has 6 nitrogen and oxygen atoms in total. The smallest absolute Gasteiger partial charge is 0.255 e. The SMILES string of the molecule is O=C(CCc1ccc2c(c1)CN(C1CCC(=O)NC1=O)C2=O)CC1CCCCC1. The Bertz CT molecular complexity index is 841. The van der Waals surface area contributed by atoms with Gasteiger partial charge in [-0.25, -0.2) is 0 Å². The van der Waals surface area contributed by atoms with E-state index in [0.717, 1.165) is 11.1 Å². The average molecular weight is 396 g/mol. The molecule has 1 aromatic rings. The molecule has 2 aliphatic heterocycles. The zero-order valence-electron chi connectivity index (χ0n) is 16.7. The monoisotopic (exact) mass is 396 g/mol. The fourth-order valence-corrected chi connectivity index (χ4v) is 4.88. The van der Waals surface area contributed by atoms with Crippen molar-refractivity contribution in [1.82, 2.24) is 10.2 Å². The molecule has 0 radical (unpaired) electrons. The Morgan fingerprint density at radius 2 is 1.86 bits per heavy atom. The predicted molar refractivity (Wildman–Crippen MR) is 107 cm³/mol. The van der Waals surface area contributed by atoms with E-state index in [1.807, 2.05) is 18.2 Å². The van der Waals surface area contributed by atoms with Crippen LogP contribution in [0.2, 0.25) is 0 Å². The van der Waals surface area contributed by atoms with Crippen LogP contribution in [0.25, 0.3) is 0 Å². The standard InChI is InChI=1S/C23H28N2O4/c26-18(13-15-4-2-1-3-5-15)8-6-16-7-9-19-17(12-16)14-25(23(19)29)20-10-11-21(27)24-22(20)28/h7,9,12,15,20H,1-6,8,10-11,13-14H2,(H,24,27,28). The minimum atomic E-state index is -0.590. The van der Waals surface area contributed by atoms with Crippen molar-refractivity contribution < 1.29 is 19.2 Å². The summed E-state index contributed by atoms with van der Waals surface area (Å²) >= 11 is 0. The number of carbonyl (C=O) groups excluding carboxylic acids is 4. The van der Waals surface area contributed by atoms with E-state index < -0.39 is 11.9 Å². The number of nitrogens with zero attached hydrogens (tertiary/aromatic N) is 1. The molecular formula is C23H28N2O4. The van der Waals surface area contributed by atoms with Gasteiger partial charge in [0.1, 0.15) is 11.8 Å². The van der Waals surface area contributed by atoms with Gasteiger partial charge < -0.3 is 4.90 Å². The molecule has 0 aromatic heterocycles. The van der Waals surface area contributed by atoms with Crippen molar-refractivity contribution in [2.45, 2.75) is 76.8 Å². The van der Waals surface area contributed by atoms with Gasteiger partial charge in [0.15, 0.2) is 0 Å². The molecule has 1 saturated heterocycles. The van der Waals surface area contributed by atoms with Crippen LogP contribution in [0.5, 0.6) is 0 Å². The number of amides is 3. The number of fused-ring (bicyclic) bond motifs is 1. The number of benzene rings is 1. The van der Waals surface area contributed by atoms with Crippen LogP contribution in [-0.2, 0) is 27.3 Å². The number of hydrogen-bond acceptors (Lipinski definition) is 4. The van der Waals surface area contributed by atoms with Crippen molar-refractivity contribution in [3.05, 3.63) is 34.9 Å². The average Bonchev–Trinajstić information content (AvgIpc) is 3.03. The summed E-state index contributed by atoms with van der Waals surface area (Å²) in [6.07, 6.45) is 8.72. The second-order valence-electron chi connectivity index (χ2n) is 8.64. The summed E-state index contributed by atoms with van der Waals surface area (Å²) < 4.78 is 0. The first kappa shape index (κ1) is 19.8. The molecule has 2 heterocycles. The lowest BCUT2D eigenvalue weighted by atomic mass is 9.85. The molecule has 1 N–H and O–H groups in total. The number of imide groups is 1. The molecule has 1 aliphatic carbocycles. The third-order valence-electron chi connectivity index (χ3n) is 6.52. The van der Waals surface area contributed by atoms with Crippen LogP contribution in [0.1, 0.15) is 79.3 Å². The molecule has 1 atom stereocenters. The lowest BCUT2D eigenvalue weighted by molar-refractivity contribution is -0.137. The van der Waals surface area contributed by atoms with Crippen molar-refractivity contribution in [1.29, 1.82) is 0 Å². The Labute approximate surface area is 171 Å². The molecule has 6 heteroatoms. The Balaban J connectivity index is 1.35. The first-order valence-corrected chi connectivity index (χ1v) is 10.8. The summed E-state index contributed by atoms with van der Waals surface area (Å²) in [6, 6.07) is 5.13. The van der Waals surface area contributed by atoms with Gasteiger partial charge in [-0.3, -0.25) is 24.5 Å². The molecule has 3 amide bonds. The third kappa shape index (κ3) is 4.41. The summed E-state index contributed by atoms with van der Waals surface area (Å²) in [5.74, 6) is 0.0653. The zero-order chi connectivity index (χ0) is 20.4. The highest BCUT2D eigenvalue weighted by Crippen LogP contribution is 2.29. The van der Waals surface area contributed by atoms with E-state index in [1.54, 1.807) is 4.90 Å². The van der Waals surface area contributed by atoms with E-state index in [0.29, 0.717) is 49.5 Å². The minimum absolute atomic E-state index is 0.158. The number of nitrogens with one attached hydrogen (secondary N) is 1. The Hall–Kier alpha value is -2.50. The van der Waals surface area contributed by atoms with E-state index in [1.165, 1.54) is 32.1 Å². The van der Waals surface area contributed by atoms with Gasteiger partial charge in [-0.1, -0.05) is 44.2 Å². The van der Waals surface area contributed by atoms with Crippen LogP contribution >= 0.6 is 0 Å². The first-order chi connectivity index (χ1) is 14.0. The Morgan fingerprint density at radius 1 is 1.07 bits per heavy atom. The highest BCUT2D eigenvalue weighted by atomic mass is 16.2. The number of rotatable bonds is 6. The second kappa shape index (κ2) is 8.47. The number of piperidine rings is 1. The van der Waals surface area contributed by atoms with Gasteiger partial charge in [0.2, 0.25) is 11.8 Å². The van der Waals surface area contributed by atoms with E-state index in [2.05, 4.69) is 5.32 Å². The molecule has 1 saturated carbocycles. The summed E-state index contributed by atoms with van der Waals surface area (Å²) in [4.78, 5) is 50.1. The molecule has 2 fully saturated rings. The number of carbonyl (C=O) groups is 4. The van der Waals surface area contributed by atoms with Gasteiger partial charge in [0, 0.05) is 31.4 Å². The summed E-state index contributed by atoms with van der Waals surface area (Å²) in [5, 5.41) is 2.32. The fraction of sp³-hybridized carbons (Fsp3) is 0.565. The Morgan fingerprint density at radius 3 is 2.62 bits per heavy atom. The van der Waals surface area contributed by atoms with Crippen LogP contribution in [0.3, 0.4) is 0 Å². The summed E-state index contributed by atoms with van der Waals surface area (Å²) in [5.41, 5.74) is 2.57. The molecule has 29 heavy (non-hydrogen) atoms. The van der Waals surface area contributed by atoms with Gasteiger partial charge in [-0.05, 0) is 36.0 Å². The normalized spacial score (nSPS) is 22.6. The van der Waals surface area contributed by atoms with E-state index in [9.17, 15) is 19.2 Å². The molecule has 3 aliphatic rings.